The van der Waals surface area contributed by atoms with Gasteiger partial charge in [-0.2, -0.15) is 0 Å². The summed E-state index contributed by atoms with van der Waals surface area (Å²) in [4.78, 5) is 16.9. The van der Waals surface area contributed by atoms with Crippen LogP contribution in [0, 0.1) is 0 Å². The van der Waals surface area contributed by atoms with Crippen molar-refractivity contribution in [2.75, 3.05) is 26.6 Å². The number of hydrogen-bond acceptors (Lipinski definition) is 5. The predicted octanol–water partition coefficient (Wildman–Crippen LogP) is 3.28. The lowest BCUT2D eigenvalue weighted by molar-refractivity contribution is -0.119. The maximum Gasteiger partial charge on any atom is 0.230 e. The highest BCUT2D eigenvalue weighted by atomic mass is 32.2. The molecule has 3 aromatic rings. The second-order valence-electron chi connectivity index (χ2n) is 6.13. The zero-order chi connectivity index (χ0) is 19.2. The Kier molecular flexibility index (Phi) is 6.36. The Morgan fingerprint density at radius 1 is 1.19 bits per heavy atom. The number of carbonyl (C=O) groups is 1. The predicted molar refractivity (Wildman–Crippen MR) is 108 cm³/mol. The van der Waals surface area contributed by atoms with E-state index < -0.39 is 0 Å². The van der Waals surface area contributed by atoms with Gasteiger partial charge in [-0.05, 0) is 43.3 Å². The van der Waals surface area contributed by atoms with Gasteiger partial charge in [-0.3, -0.25) is 9.36 Å². The van der Waals surface area contributed by atoms with Crippen LogP contribution >= 0.6 is 11.8 Å². The number of hydrogen-bond donors (Lipinski definition) is 1. The molecule has 0 aliphatic heterocycles. The number of fused-ring (bicyclic) bond motifs is 1. The minimum absolute atomic E-state index is 0.0245. The molecular formula is C20H23N3O3S. The van der Waals surface area contributed by atoms with Crippen molar-refractivity contribution in [3.05, 3.63) is 48.5 Å². The van der Waals surface area contributed by atoms with Crippen molar-refractivity contribution in [1.82, 2.24) is 14.9 Å². The van der Waals surface area contributed by atoms with Crippen LogP contribution in [0.25, 0.3) is 16.7 Å². The number of amides is 1. The van der Waals surface area contributed by atoms with Gasteiger partial charge in [0.1, 0.15) is 5.75 Å². The van der Waals surface area contributed by atoms with E-state index in [1.165, 1.54) is 11.8 Å². The zero-order valence-corrected chi connectivity index (χ0v) is 16.5. The molecule has 0 aliphatic rings. The first-order valence-corrected chi connectivity index (χ1v) is 9.64. The van der Waals surface area contributed by atoms with Crippen LogP contribution in [-0.2, 0) is 9.53 Å². The summed E-state index contributed by atoms with van der Waals surface area (Å²) >= 11 is 1.41. The van der Waals surface area contributed by atoms with E-state index >= 15 is 0 Å². The number of benzene rings is 2. The fourth-order valence-electron chi connectivity index (χ4n) is 2.82. The highest BCUT2D eigenvalue weighted by molar-refractivity contribution is 7.99. The third-order valence-electron chi connectivity index (χ3n) is 4.02. The molecule has 0 saturated heterocycles. The normalized spacial score (nSPS) is 12.1. The lowest BCUT2D eigenvalue weighted by Gasteiger charge is -2.13. The molecular weight excluding hydrogens is 362 g/mol. The molecule has 1 atom stereocenters. The minimum atomic E-state index is -0.0436. The molecule has 1 amide bonds. The number of carbonyl (C=O) groups excluding carboxylic acids is 1. The first kappa shape index (κ1) is 19.3. The summed E-state index contributed by atoms with van der Waals surface area (Å²) < 4.78 is 12.4. The SMILES string of the molecule is COC[C@H](C)NC(=O)CSc1nc2ccccc2n1-c1ccc(OC)cc1. The number of imidazole rings is 1. The molecule has 0 saturated carbocycles. The Morgan fingerprint density at radius 3 is 2.63 bits per heavy atom. The van der Waals surface area contributed by atoms with E-state index in [9.17, 15) is 4.79 Å². The van der Waals surface area contributed by atoms with E-state index in [1.807, 2.05) is 55.5 Å². The Bertz CT molecular complexity index is 908. The largest absolute Gasteiger partial charge is 0.497 e. The first-order valence-electron chi connectivity index (χ1n) is 8.65. The summed E-state index contributed by atoms with van der Waals surface area (Å²) in [6, 6.07) is 15.7. The average Bonchev–Trinajstić information content (AvgIpc) is 3.05. The highest BCUT2D eigenvalue weighted by Crippen LogP contribution is 2.28. The van der Waals surface area contributed by atoms with Gasteiger partial charge in [0.15, 0.2) is 5.16 Å². The number of nitrogens with zero attached hydrogens (tertiary/aromatic N) is 2. The van der Waals surface area contributed by atoms with Gasteiger partial charge in [-0.25, -0.2) is 4.98 Å². The van der Waals surface area contributed by atoms with Crippen LogP contribution in [0.4, 0.5) is 0 Å². The molecule has 1 N–H and O–H groups in total. The van der Waals surface area contributed by atoms with Gasteiger partial charge in [0.2, 0.25) is 5.91 Å². The van der Waals surface area contributed by atoms with E-state index in [2.05, 4.69) is 9.88 Å². The fraction of sp³-hybridized carbons (Fsp3) is 0.300. The number of ether oxygens (including phenoxy) is 2. The van der Waals surface area contributed by atoms with E-state index in [1.54, 1.807) is 14.2 Å². The molecule has 7 heteroatoms. The fourth-order valence-corrected chi connectivity index (χ4v) is 3.66. The Labute approximate surface area is 162 Å². The van der Waals surface area contributed by atoms with Crippen LogP contribution in [0.1, 0.15) is 6.92 Å². The van der Waals surface area contributed by atoms with E-state index in [-0.39, 0.29) is 17.7 Å². The van der Waals surface area contributed by atoms with E-state index in [4.69, 9.17) is 14.5 Å². The van der Waals surface area contributed by atoms with Crippen LogP contribution in [-0.4, -0.2) is 48.1 Å². The van der Waals surface area contributed by atoms with Gasteiger partial charge in [0.05, 0.1) is 30.5 Å². The van der Waals surface area contributed by atoms with Crippen molar-refractivity contribution < 1.29 is 14.3 Å². The minimum Gasteiger partial charge on any atom is -0.497 e. The lowest BCUT2D eigenvalue weighted by Crippen LogP contribution is -2.36. The molecule has 1 heterocycles. The number of rotatable bonds is 8. The van der Waals surface area contributed by atoms with Gasteiger partial charge in [-0.1, -0.05) is 23.9 Å². The van der Waals surface area contributed by atoms with Crippen molar-refractivity contribution in [3.8, 4) is 11.4 Å². The van der Waals surface area contributed by atoms with Gasteiger partial charge in [0.25, 0.3) is 0 Å². The standard InChI is InChI=1S/C20H23N3O3S/c1-14(12-25-2)21-19(24)13-27-20-22-17-6-4-5-7-18(17)23(20)15-8-10-16(26-3)11-9-15/h4-11,14H,12-13H2,1-3H3,(H,21,24)/t14-/m0/s1. The number of para-hydroxylation sites is 2. The summed E-state index contributed by atoms with van der Waals surface area (Å²) in [7, 11) is 3.26. The molecule has 0 radical (unpaired) electrons. The van der Waals surface area contributed by atoms with Crippen LogP contribution in [0.5, 0.6) is 5.75 Å². The first-order chi connectivity index (χ1) is 13.1. The smallest absolute Gasteiger partial charge is 0.230 e. The van der Waals surface area contributed by atoms with Crippen molar-refractivity contribution in [3.63, 3.8) is 0 Å². The molecule has 142 valence electrons. The zero-order valence-electron chi connectivity index (χ0n) is 15.6. The van der Waals surface area contributed by atoms with Crippen LogP contribution in [0.15, 0.2) is 53.7 Å². The third kappa shape index (κ3) is 4.61. The summed E-state index contributed by atoms with van der Waals surface area (Å²) in [5, 5.41) is 3.69. The molecule has 2 aromatic carbocycles. The van der Waals surface area contributed by atoms with E-state index in [0.717, 1.165) is 27.6 Å². The molecule has 27 heavy (non-hydrogen) atoms. The van der Waals surface area contributed by atoms with Crippen molar-refractivity contribution in [1.29, 1.82) is 0 Å². The summed E-state index contributed by atoms with van der Waals surface area (Å²) in [5.41, 5.74) is 2.86. The van der Waals surface area contributed by atoms with Crippen molar-refractivity contribution in [2.24, 2.45) is 0 Å². The van der Waals surface area contributed by atoms with Gasteiger partial charge >= 0.3 is 0 Å². The Morgan fingerprint density at radius 2 is 1.93 bits per heavy atom. The topological polar surface area (TPSA) is 65.4 Å². The quantitative estimate of drug-likeness (QED) is 0.603. The van der Waals surface area contributed by atoms with Gasteiger partial charge < -0.3 is 14.8 Å². The summed E-state index contributed by atoms with van der Waals surface area (Å²) in [6.07, 6.45) is 0. The van der Waals surface area contributed by atoms with Crippen LogP contribution in [0.3, 0.4) is 0 Å². The number of aromatic nitrogens is 2. The molecule has 0 unspecified atom stereocenters. The third-order valence-corrected chi connectivity index (χ3v) is 4.96. The second-order valence-corrected chi connectivity index (χ2v) is 7.07. The second kappa shape index (κ2) is 8.92. The summed E-state index contributed by atoms with van der Waals surface area (Å²) in [6.45, 7) is 2.40. The molecule has 0 spiro atoms. The van der Waals surface area contributed by atoms with Crippen molar-refractivity contribution in [2.45, 2.75) is 18.1 Å². The number of methoxy groups -OCH3 is 2. The lowest BCUT2D eigenvalue weighted by atomic mass is 10.2. The molecule has 3 rings (SSSR count). The highest BCUT2D eigenvalue weighted by Gasteiger charge is 2.15. The molecule has 0 bridgehead atoms. The number of thioether (sulfide) groups is 1. The maximum atomic E-state index is 12.2. The molecule has 0 fully saturated rings. The Balaban J connectivity index is 1.85. The number of nitrogens with one attached hydrogen (secondary N) is 1. The molecule has 0 aliphatic carbocycles. The van der Waals surface area contributed by atoms with Gasteiger partial charge in [-0.15, -0.1) is 0 Å². The average molecular weight is 385 g/mol. The molecule has 6 nitrogen and oxygen atoms in total. The Hall–Kier alpha value is -2.51. The van der Waals surface area contributed by atoms with Gasteiger partial charge in [0, 0.05) is 18.8 Å². The van der Waals surface area contributed by atoms with Crippen LogP contribution < -0.4 is 10.1 Å². The van der Waals surface area contributed by atoms with Crippen molar-refractivity contribution >= 4 is 28.7 Å². The monoisotopic (exact) mass is 385 g/mol. The maximum absolute atomic E-state index is 12.2. The van der Waals surface area contributed by atoms with E-state index in [0.29, 0.717) is 6.61 Å². The molecule has 1 aromatic heterocycles. The summed E-state index contributed by atoms with van der Waals surface area (Å²) in [5.74, 6) is 1.04. The van der Waals surface area contributed by atoms with Crippen LogP contribution in [0.2, 0.25) is 0 Å².